The summed E-state index contributed by atoms with van der Waals surface area (Å²) in [6, 6.07) is 3.96. The summed E-state index contributed by atoms with van der Waals surface area (Å²) in [5.74, 6) is -1.16. The molecule has 5 nitrogen and oxygen atoms in total. The Morgan fingerprint density at radius 1 is 1.21 bits per heavy atom. The molecule has 0 radical (unpaired) electrons. The van der Waals surface area contributed by atoms with Gasteiger partial charge in [0.25, 0.3) is 0 Å². The second kappa shape index (κ2) is 7.29. The molecule has 1 saturated heterocycles. The second-order valence-electron chi connectivity index (χ2n) is 8.95. The molecule has 0 N–H and O–H groups in total. The van der Waals surface area contributed by atoms with Crippen LogP contribution in [0.1, 0.15) is 68.4 Å². The highest BCUT2D eigenvalue weighted by Crippen LogP contribution is 2.43. The van der Waals surface area contributed by atoms with Crippen molar-refractivity contribution < 1.29 is 18.0 Å². The minimum atomic E-state index is -4.10. The maximum Gasteiger partial charge on any atom is 0.391 e. The number of aromatic nitrogens is 3. The molecule has 1 atom stereocenters. The lowest BCUT2D eigenvalue weighted by atomic mass is 9.78. The fraction of sp³-hybridized carbons (Fsp3) is 0.667. The predicted octanol–water partition coefficient (Wildman–Crippen LogP) is 4.38. The molecule has 2 fully saturated rings. The van der Waals surface area contributed by atoms with E-state index < -0.39 is 12.1 Å². The highest BCUT2D eigenvalue weighted by atomic mass is 19.4. The van der Waals surface area contributed by atoms with E-state index in [4.69, 9.17) is 5.10 Å². The number of carbonyl (C=O) groups excluding carboxylic acids is 1. The summed E-state index contributed by atoms with van der Waals surface area (Å²) < 4.78 is 40.8. The molecule has 2 aliphatic rings. The van der Waals surface area contributed by atoms with Crippen molar-refractivity contribution in [2.75, 3.05) is 13.1 Å². The van der Waals surface area contributed by atoms with Gasteiger partial charge in [-0.1, -0.05) is 6.92 Å². The summed E-state index contributed by atoms with van der Waals surface area (Å²) in [7, 11) is 0. The van der Waals surface area contributed by atoms with Crippen LogP contribution in [0.3, 0.4) is 0 Å². The fourth-order valence-corrected chi connectivity index (χ4v) is 5.04. The van der Waals surface area contributed by atoms with Crippen LogP contribution < -0.4 is 0 Å². The number of halogens is 3. The average molecular weight is 408 g/mol. The maximum atomic E-state index is 13.0. The molecule has 2 aromatic heterocycles. The quantitative estimate of drug-likeness (QED) is 0.708. The molecule has 0 aromatic carbocycles. The third-order valence-corrected chi connectivity index (χ3v) is 6.68. The summed E-state index contributed by atoms with van der Waals surface area (Å²) >= 11 is 0. The number of aryl methyl sites for hydroxylation is 1. The van der Waals surface area contributed by atoms with Crippen LogP contribution in [0, 0.1) is 12.8 Å². The largest absolute Gasteiger partial charge is 0.391 e. The Morgan fingerprint density at radius 3 is 2.59 bits per heavy atom. The zero-order valence-corrected chi connectivity index (χ0v) is 16.9. The first-order chi connectivity index (χ1) is 13.7. The molecule has 29 heavy (non-hydrogen) atoms. The van der Waals surface area contributed by atoms with Crippen LogP contribution in [0.2, 0.25) is 0 Å². The molecule has 1 aliphatic heterocycles. The summed E-state index contributed by atoms with van der Waals surface area (Å²) in [5, 5.41) is 4.80. The number of amides is 1. The molecule has 1 amide bonds. The molecule has 0 spiro atoms. The lowest BCUT2D eigenvalue weighted by molar-refractivity contribution is -0.182. The lowest BCUT2D eigenvalue weighted by Crippen LogP contribution is -2.44. The first-order valence-corrected chi connectivity index (χ1v) is 10.3. The topological polar surface area (TPSA) is 50.5 Å². The number of fused-ring (bicyclic) bond motifs is 1. The molecule has 1 aliphatic carbocycles. The van der Waals surface area contributed by atoms with Gasteiger partial charge in [-0.05, 0) is 51.5 Å². The van der Waals surface area contributed by atoms with E-state index in [0.29, 0.717) is 19.4 Å². The van der Waals surface area contributed by atoms with E-state index in [9.17, 15) is 18.0 Å². The summed E-state index contributed by atoms with van der Waals surface area (Å²) in [5.41, 5.74) is 3.22. The summed E-state index contributed by atoms with van der Waals surface area (Å²) in [4.78, 5) is 17.7. The van der Waals surface area contributed by atoms with E-state index in [-0.39, 0.29) is 24.2 Å². The minimum absolute atomic E-state index is 0.0362. The van der Waals surface area contributed by atoms with Gasteiger partial charge in [-0.2, -0.15) is 18.3 Å². The number of hydrogen-bond donors (Lipinski definition) is 0. The van der Waals surface area contributed by atoms with E-state index >= 15 is 0 Å². The van der Waals surface area contributed by atoms with Crippen molar-refractivity contribution >= 4 is 12.1 Å². The first-order valence-electron chi connectivity index (χ1n) is 10.3. The number of alkyl halides is 3. The molecule has 158 valence electrons. The van der Waals surface area contributed by atoms with E-state index in [1.54, 1.807) is 4.90 Å². The van der Waals surface area contributed by atoms with Gasteiger partial charge in [0, 0.05) is 36.2 Å². The Bertz CT molecular complexity index is 901. The van der Waals surface area contributed by atoms with Gasteiger partial charge in [0.15, 0.2) is 5.65 Å². The van der Waals surface area contributed by atoms with Crippen molar-refractivity contribution in [2.24, 2.45) is 5.92 Å². The second-order valence-corrected chi connectivity index (χ2v) is 8.95. The Morgan fingerprint density at radius 2 is 1.93 bits per heavy atom. The lowest BCUT2D eigenvalue weighted by Gasteiger charge is -2.39. The van der Waals surface area contributed by atoms with E-state index in [0.717, 1.165) is 48.5 Å². The zero-order chi connectivity index (χ0) is 20.8. The summed E-state index contributed by atoms with van der Waals surface area (Å²) in [6.07, 6.45) is -0.0146. The van der Waals surface area contributed by atoms with Crippen LogP contribution in [0.4, 0.5) is 13.2 Å². The Balaban J connectivity index is 1.65. The fourth-order valence-electron chi connectivity index (χ4n) is 5.04. The molecule has 3 heterocycles. The van der Waals surface area contributed by atoms with Crippen molar-refractivity contribution in [3.63, 3.8) is 0 Å². The number of nitrogens with zero attached hydrogens (tertiary/aromatic N) is 4. The smallest absolute Gasteiger partial charge is 0.344 e. The molecule has 2 aromatic rings. The predicted molar refractivity (Wildman–Crippen MR) is 103 cm³/mol. The monoisotopic (exact) mass is 408 g/mol. The van der Waals surface area contributed by atoms with Crippen molar-refractivity contribution in [1.82, 2.24) is 19.5 Å². The van der Waals surface area contributed by atoms with E-state index in [1.165, 1.54) is 0 Å². The third-order valence-electron chi connectivity index (χ3n) is 6.68. The maximum absolute atomic E-state index is 13.0. The normalized spacial score (nSPS) is 28.7. The Labute approximate surface area is 168 Å². The van der Waals surface area contributed by atoms with Crippen molar-refractivity contribution in [3.8, 4) is 0 Å². The molecular formula is C21H27F3N4O. The third kappa shape index (κ3) is 3.85. The SMILES string of the molecule is Cc1cc([C@]2(C)CCCN(C=O)C2)n2nc([C@H]3CC[C@H](C(F)(F)F)CC3)cc2n1. The summed E-state index contributed by atoms with van der Waals surface area (Å²) in [6.45, 7) is 5.47. The van der Waals surface area contributed by atoms with Crippen molar-refractivity contribution in [3.05, 3.63) is 29.2 Å². The van der Waals surface area contributed by atoms with Crippen molar-refractivity contribution in [1.29, 1.82) is 0 Å². The highest BCUT2D eigenvalue weighted by molar-refractivity contribution is 5.49. The number of rotatable bonds is 3. The van der Waals surface area contributed by atoms with Crippen LogP contribution >= 0.6 is 0 Å². The highest BCUT2D eigenvalue weighted by Gasteiger charge is 2.42. The van der Waals surface area contributed by atoms with E-state index in [2.05, 4.69) is 11.9 Å². The van der Waals surface area contributed by atoms with E-state index in [1.807, 2.05) is 23.6 Å². The number of piperidine rings is 1. The molecule has 0 bridgehead atoms. The van der Waals surface area contributed by atoms with Crippen LogP contribution in [0.25, 0.3) is 5.65 Å². The van der Waals surface area contributed by atoms with Crippen LogP contribution in [0.5, 0.6) is 0 Å². The van der Waals surface area contributed by atoms with Crippen LogP contribution in [-0.2, 0) is 10.2 Å². The molecule has 4 rings (SSSR count). The van der Waals surface area contributed by atoms with Gasteiger partial charge in [0.05, 0.1) is 17.3 Å². The molecular weight excluding hydrogens is 381 g/mol. The van der Waals surface area contributed by atoms with Gasteiger partial charge >= 0.3 is 6.18 Å². The number of carbonyl (C=O) groups is 1. The van der Waals surface area contributed by atoms with Crippen LogP contribution in [0.15, 0.2) is 12.1 Å². The van der Waals surface area contributed by atoms with Gasteiger partial charge in [0.1, 0.15) is 0 Å². The van der Waals surface area contributed by atoms with Gasteiger partial charge in [-0.15, -0.1) is 0 Å². The van der Waals surface area contributed by atoms with Gasteiger partial charge in [-0.25, -0.2) is 9.50 Å². The minimum Gasteiger partial charge on any atom is -0.344 e. The van der Waals surface area contributed by atoms with Gasteiger partial charge < -0.3 is 4.90 Å². The van der Waals surface area contributed by atoms with Gasteiger partial charge in [-0.3, -0.25) is 4.79 Å². The molecule has 1 saturated carbocycles. The Hall–Kier alpha value is -2.12. The van der Waals surface area contributed by atoms with Crippen molar-refractivity contribution in [2.45, 2.75) is 69.9 Å². The zero-order valence-electron chi connectivity index (χ0n) is 16.9. The average Bonchev–Trinajstić information content (AvgIpc) is 3.10. The number of hydrogen-bond acceptors (Lipinski definition) is 3. The van der Waals surface area contributed by atoms with Crippen LogP contribution in [-0.4, -0.2) is 45.2 Å². The molecule has 8 heteroatoms. The Kier molecular flexibility index (Phi) is 5.07. The molecule has 0 unspecified atom stereocenters. The standard InChI is InChI=1S/C21H27F3N4O/c1-14-10-18(20(2)8-3-9-27(12-20)13-29)28-19(25-14)11-17(26-28)15-4-6-16(7-5-15)21(22,23)24/h10-11,13,15-16H,3-9,12H2,1-2H3/t15-,16-,20-/m1/s1. The first kappa shape index (κ1) is 20.2. The van der Waals surface area contributed by atoms with Gasteiger partial charge in [0.2, 0.25) is 6.41 Å². The number of likely N-dealkylation sites (tertiary alicyclic amines) is 1.